The van der Waals surface area contributed by atoms with Gasteiger partial charge in [0, 0.05) is 48.1 Å². The lowest BCUT2D eigenvalue weighted by Gasteiger charge is -2.32. The first-order valence-corrected chi connectivity index (χ1v) is 33.6. The van der Waals surface area contributed by atoms with Crippen molar-refractivity contribution in [1.29, 1.82) is 0 Å². The molecule has 1 saturated heterocycles. The Labute approximate surface area is 572 Å². The number of halogens is 1. The molecule has 6 nitrogen and oxygen atoms in total. The van der Waals surface area contributed by atoms with Gasteiger partial charge in [0.25, 0.3) is 0 Å². The van der Waals surface area contributed by atoms with Gasteiger partial charge in [-0.2, -0.15) is 0 Å². The maximum absolute atomic E-state index is 6.38. The molecule has 4 aromatic heterocycles. The fraction of sp³-hybridized carbons (Fsp3) is 0.0667. The van der Waals surface area contributed by atoms with Crippen molar-refractivity contribution in [3.05, 3.63) is 320 Å². The van der Waals surface area contributed by atoms with Crippen LogP contribution in [-0.4, -0.2) is 18.3 Å². The number of hydrogen-bond donors (Lipinski definition) is 0. The van der Waals surface area contributed by atoms with Gasteiger partial charge in [0.2, 0.25) is 0 Å². The number of benzene rings is 14. The lowest BCUT2D eigenvalue weighted by molar-refractivity contribution is 0.00578. The zero-order chi connectivity index (χ0) is 66.1. The van der Waals surface area contributed by atoms with Crippen LogP contribution in [0.5, 0.6) is 0 Å². The summed E-state index contributed by atoms with van der Waals surface area (Å²) in [5.74, 6) is 0. The number of rotatable bonds is 8. The van der Waals surface area contributed by atoms with Crippen molar-refractivity contribution in [1.82, 2.24) is 0 Å². The van der Waals surface area contributed by atoms with E-state index in [1.165, 1.54) is 66.8 Å². The first-order chi connectivity index (χ1) is 47.9. The van der Waals surface area contributed by atoms with E-state index in [9.17, 15) is 0 Å². The second kappa shape index (κ2) is 24.6. The van der Waals surface area contributed by atoms with E-state index in [0.29, 0.717) is 5.02 Å². The van der Waals surface area contributed by atoms with Crippen LogP contribution in [0.3, 0.4) is 0 Å². The molecule has 0 saturated carbocycles. The molecule has 1 aliphatic rings. The third-order valence-electron chi connectivity index (χ3n) is 19.5. The summed E-state index contributed by atoms with van der Waals surface area (Å²) in [4.78, 5) is 0. The molecule has 0 radical (unpaired) electrons. The molecular weight excluding hydrogens is 1220 g/mol. The van der Waals surface area contributed by atoms with Crippen molar-refractivity contribution in [3.63, 3.8) is 0 Å². The fourth-order valence-electron chi connectivity index (χ4n) is 13.7. The lowest BCUT2D eigenvalue weighted by atomic mass is 9.78. The summed E-state index contributed by atoms with van der Waals surface area (Å²) in [6.07, 6.45) is 0. The minimum atomic E-state index is -0.360. The van der Waals surface area contributed by atoms with Crippen molar-refractivity contribution < 1.29 is 27.0 Å². The quantitative estimate of drug-likeness (QED) is 0.141. The molecular formula is C90H64BClO6. The number of fused-ring (bicyclic) bond motifs is 14. The number of furan rings is 4. The summed E-state index contributed by atoms with van der Waals surface area (Å²) >= 11 is 6.09. The van der Waals surface area contributed by atoms with Crippen LogP contribution in [0.25, 0.3) is 166 Å². The molecule has 0 unspecified atom stereocenters. The first kappa shape index (κ1) is 60.2. The Bertz CT molecular complexity index is 6040. The van der Waals surface area contributed by atoms with Gasteiger partial charge in [0.05, 0.1) is 11.2 Å². The zero-order valence-corrected chi connectivity index (χ0v) is 55.2. The molecule has 98 heavy (non-hydrogen) atoms. The van der Waals surface area contributed by atoms with E-state index < -0.39 is 0 Å². The number of para-hydroxylation sites is 2. The van der Waals surface area contributed by atoms with Crippen molar-refractivity contribution >= 4 is 112 Å². The molecule has 1 aliphatic heterocycles. The highest BCUT2D eigenvalue weighted by molar-refractivity contribution is 6.62. The first-order valence-electron chi connectivity index (χ1n) is 33.2. The average Bonchev–Trinajstić information content (AvgIpc) is 1.59. The van der Waals surface area contributed by atoms with E-state index in [-0.39, 0.29) is 18.3 Å². The van der Waals surface area contributed by atoms with Gasteiger partial charge in [-0.15, -0.1) is 0 Å². The third kappa shape index (κ3) is 11.2. The van der Waals surface area contributed by atoms with Crippen LogP contribution in [0, 0.1) is 0 Å². The van der Waals surface area contributed by atoms with Crippen molar-refractivity contribution in [3.8, 4) is 77.9 Å². The number of hydrogen-bond acceptors (Lipinski definition) is 6. The smallest absolute Gasteiger partial charge is 0.452 e. The Morgan fingerprint density at radius 1 is 0.224 bits per heavy atom. The van der Waals surface area contributed by atoms with Crippen LogP contribution in [0.15, 0.2) is 333 Å². The summed E-state index contributed by atoms with van der Waals surface area (Å²) in [7, 11) is -0.360. The summed E-state index contributed by atoms with van der Waals surface area (Å²) in [6.45, 7) is 8.35. The monoisotopic (exact) mass is 1290 g/mol. The molecule has 5 heterocycles. The summed E-state index contributed by atoms with van der Waals surface area (Å²) < 4.78 is 37.2. The van der Waals surface area contributed by atoms with Crippen LogP contribution >= 0.6 is 11.6 Å². The topological polar surface area (TPSA) is 71.0 Å². The molecule has 8 heteroatoms. The maximum Gasteiger partial charge on any atom is 0.494 e. The zero-order valence-electron chi connectivity index (χ0n) is 54.4. The fourth-order valence-corrected chi connectivity index (χ4v) is 13.9. The minimum Gasteiger partial charge on any atom is -0.452 e. The predicted molar refractivity (Wildman–Crippen MR) is 407 cm³/mol. The Morgan fingerprint density at radius 3 is 0.908 bits per heavy atom. The molecule has 470 valence electrons. The van der Waals surface area contributed by atoms with E-state index in [4.69, 9.17) is 38.6 Å². The average molecular weight is 1290 g/mol. The highest BCUT2D eigenvalue weighted by Crippen LogP contribution is 2.43. The van der Waals surface area contributed by atoms with Gasteiger partial charge in [-0.3, -0.25) is 0 Å². The van der Waals surface area contributed by atoms with E-state index in [0.717, 1.165) is 104 Å². The van der Waals surface area contributed by atoms with Gasteiger partial charge < -0.3 is 27.0 Å². The van der Waals surface area contributed by atoms with Crippen LogP contribution < -0.4 is 5.46 Å². The van der Waals surface area contributed by atoms with Crippen molar-refractivity contribution in [2.45, 2.75) is 38.9 Å². The van der Waals surface area contributed by atoms with E-state index in [1.54, 1.807) is 0 Å². The summed E-state index contributed by atoms with van der Waals surface area (Å²) in [5.41, 5.74) is 23.7. The van der Waals surface area contributed by atoms with Gasteiger partial charge in [-0.25, -0.2) is 0 Å². The molecule has 0 N–H and O–H groups in total. The maximum atomic E-state index is 6.38. The van der Waals surface area contributed by atoms with E-state index in [2.05, 4.69) is 289 Å². The molecule has 0 atom stereocenters. The molecule has 18 aromatic rings. The molecule has 1 fully saturated rings. The van der Waals surface area contributed by atoms with E-state index >= 15 is 0 Å². The van der Waals surface area contributed by atoms with Gasteiger partial charge in [-0.1, -0.05) is 230 Å². The highest BCUT2D eigenvalue weighted by atomic mass is 35.5. The molecule has 0 bridgehead atoms. The van der Waals surface area contributed by atoms with Gasteiger partial charge in [-0.05, 0) is 208 Å². The largest absolute Gasteiger partial charge is 0.494 e. The molecule has 19 rings (SSSR count). The Hall–Kier alpha value is -11.4. The normalized spacial score (nSPS) is 13.4. The Kier molecular flexibility index (Phi) is 15.1. The van der Waals surface area contributed by atoms with Crippen LogP contribution in [0.4, 0.5) is 0 Å². The van der Waals surface area contributed by atoms with Crippen molar-refractivity contribution in [2.75, 3.05) is 0 Å². The van der Waals surface area contributed by atoms with Gasteiger partial charge in [0.1, 0.15) is 22.3 Å². The highest BCUT2D eigenvalue weighted by Gasteiger charge is 2.51. The molecule has 0 amide bonds. The lowest BCUT2D eigenvalue weighted by Crippen LogP contribution is -2.41. The standard InChI is InChI=1S/C42H26O2.C30H29BO2.C18H9ClO2/c1-2-9-27(10-3-1)28-11-6-12-29(23-28)30-13-7-14-31(24-30)32-15-8-16-33(25-32)34-19-22-40-38(26-34)37-21-20-36-35-17-4-5-18-39(35)43-41(36)42(37)44-40;1-29(2)30(3,4)33-31(32-29)28-18-10-17-27(21-28)26-16-9-15-25(20-26)24-14-8-13-23(19-24)22-11-6-5-7-12-22;19-10-5-8-16-14(9-10)13-7-6-12-11-3-1-2-4-15(11)20-17(12)18(13)21-16/h1-26H;5-21H,1-4H3;1-9H. The molecule has 14 aromatic carbocycles. The molecule has 0 spiro atoms. The van der Waals surface area contributed by atoms with Gasteiger partial charge in [0.15, 0.2) is 22.3 Å². The van der Waals surface area contributed by atoms with Gasteiger partial charge >= 0.3 is 7.12 Å². The Morgan fingerprint density at radius 2 is 0.510 bits per heavy atom. The predicted octanol–water partition coefficient (Wildman–Crippen LogP) is 25.3. The van der Waals surface area contributed by atoms with Crippen LogP contribution in [0.2, 0.25) is 5.02 Å². The SMILES string of the molecule is CC1(C)OB(c2cccc(-c3cccc(-c4cccc(-c5ccccc5)c4)c3)c2)OC1(C)C.Clc1ccc2oc3c(ccc4c5ccccc5oc43)c2c1.c1ccc(-c2cccc(-c3cccc(-c4cccc(-c5ccc6oc7c(ccc8c9ccccc9oc87)c6c5)c4)c3)c2)cc1. The molecule has 0 aliphatic carbocycles. The second-order valence-corrected chi connectivity index (χ2v) is 26.7. The summed E-state index contributed by atoms with van der Waals surface area (Å²) in [5, 5.41) is 9.26. The summed E-state index contributed by atoms with van der Waals surface area (Å²) in [6, 6.07) is 110. The van der Waals surface area contributed by atoms with Crippen LogP contribution in [-0.2, 0) is 9.31 Å². The van der Waals surface area contributed by atoms with Crippen molar-refractivity contribution in [2.24, 2.45) is 0 Å². The van der Waals surface area contributed by atoms with Crippen LogP contribution in [0.1, 0.15) is 27.7 Å². The third-order valence-corrected chi connectivity index (χ3v) is 19.8. The second-order valence-electron chi connectivity index (χ2n) is 26.2. The van der Waals surface area contributed by atoms with E-state index in [1.807, 2.05) is 54.6 Å². The minimum absolute atomic E-state index is 0.350. The Balaban J connectivity index is 0.000000118.